The Bertz CT molecular complexity index is 2030. The second-order valence-corrected chi connectivity index (χ2v) is 25.3. The summed E-state index contributed by atoms with van der Waals surface area (Å²) < 4.78 is 57.8. The maximum atomic E-state index is 13.7. The molecule has 0 radical (unpaired) electrons. The molecule has 0 amide bonds. The first-order valence-corrected chi connectivity index (χ1v) is 29.5. The molecule has 18 nitrogen and oxygen atoms in total. The van der Waals surface area contributed by atoms with E-state index in [-0.39, 0.29) is 50.4 Å². The van der Waals surface area contributed by atoms with Gasteiger partial charge in [0.15, 0.2) is 18.1 Å². The Balaban J connectivity index is 2.19. The highest BCUT2D eigenvalue weighted by Gasteiger charge is 2.40. The van der Waals surface area contributed by atoms with Crippen LogP contribution in [-0.2, 0) is 70.9 Å². The summed E-state index contributed by atoms with van der Waals surface area (Å²) >= 11 is 0. The van der Waals surface area contributed by atoms with E-state index in [4.69, 9.17) is 46.1 Å². The van der Waals surface area contributed by atoms with Crippen LogP contribution in [0.2, 0.25) is 25.2 Å². The summed E-state index contributed by atoms with van der Waals surface area (Å²) in [5, 5.41) is 19.4. The molecule has 2 rings (SSSR count). The third-order valence-corrected chi connectivity index (χ3v) is 17.9. The lowest BCUT2D eigenvalue weighted by molar-refractivity contribution is -0.263. The summed E-state index contributed by atoms with van der Waals surface area (Å²) in [5.41, 5.74) is 0.361. The number of rotatable bonds is 37. The van der Waals surface area contributed by atoms with Gasteiger partial charge in [-0.1, -0.05) is 57.7 Å². The number of hydrogen-bond donors (Lipinski definition) is 2. The average molecular weight is 1050 g/mol. The zero-order valence-corrected chi connectivity index (χ0v) is 46.3. The maximum Gasteiger partial charge on any atom is 0.334 e. The summed E-state index contributed by atoms with van der Waals surface area (Å²) in [6.45, 7) is 27.7. The van der Waals surface area contributed by atoms with Crippen molar-refractivity contribution in [2.45, 2.75) is 131 Å². The second-order valence-electron chi connectivity index (χ2n) is 18.6. The van der Waals surface area contributed by atoms with Crippen LogP contribution in [0.1, 0.15) is 99.1 Å². The molecule has 2 N–H and O–H groups in total. The van der Waals surface area contributed by atoms with Crippen LogP contribution in [0.5, 0.6) is 11.5 Å². The van der Waals surface area contributed by atoms with Gasteiger partial charge in [-0.3, -0.25) is 19.6 Å². The van der Waals surface area contributed by atoms with Crippen molar-refractivity contribution in [1.29, 1.82) is 0 Å². The molecule has 0 fully saturated rings. The molecule has 404 valence electrons. The van der Waals surface area contributed by atoms with Gasteiger partial charge >= 0.3 is 47.0 Å². The topological polar surface area (TPSA) is 227 Å². The molecule has 0 saturated carbocycles. The van der Waals surface area contributed by atoms with Crippen LogP contribution in [0.4, 0.5) is 0 Å². The molecular formula is C52H80O18Si2. The quantitative estimate of drug-likeness (QED) is 0.0122. The summed E-state index contributed by atoms with van der Waals surface area (Å²) in [7, 11) is -5.04. The molecule has 0 heterocycles. The molecule has 0 aliphatic heterocycles. The fraction of sp³-hybridized carbons (Fsp3) is 0.596. The predicted octanol–water partition coefficient (Wildman–Crippen LogP) is 8.88. The standard InChI is InChI=1S/C52H80O18Si2/c1-14-65-71(12,66-15-2)30-18-20-45(46(53)54)49(57)69-43(34-62-47(55)37(5)6)32-60-41-25-21-39(22-26-41)51(9,10)40-23-27-42(28-24-40)61-33-44(35-63-48(56)38(7)8)70-50(58)52(11,36-64-59)29-19-31-72(13,67-16-3)68-17-4/h21-28,43-45,59H,5,7,14-20,29-36H2,1-4,6,8-13H3,(H,53,54). The molecule has 0 aliphatic carbocycles. The monoisotopic (exact) mass is 1050 g/mol. The number of hydrogen-bond acceptors (Lipinski definition) is 17. The molecular weight excluding hydrogens is 969 g/mol. The van der Waals surface area contributed by atoms with Gasteiger partial charge in [-0.25, -0.2) is 14.5 Å². The first kappa shape index (κ1) is 63.2. The highest BCUT2D eigenvalue weighted by molar-refractivity contribution is 6.66. The third-order valence-electron chi connectivity index (χ3n) is 11.8. The van der Waals surface area contributed by atoms with Gasteiger partial charge in [0.05, 0.1) is 12.0 Å². The van der Waals surface area contributed by atoms with Crippen molar-refractivity contribution in [1.82, 2.24) is 0 Å². The molecule has 2 aromatic carbocycles. The lowest BCUT2D eigenvalue weighted by Gasteiger charge is -2.30. The number of carbonyl (C=O) groups excluding carboxylic acids is 4. The van der Waals surface area contributed by atoms with E-state index in [1.165, 1.54) is 13.8 Å². The molecule has 4 atom stereocenters. The summed E-state index contributed by atoms with van der Waals surface area (Å²) in [6.07, 6.45) is -0.997. The van der Waals surface area contributed by atoms with Gasteiger partial charge in [0.1, 0.15) is 37.9 Å². The van der Waals surface area contributed by atoms with Crippen LogP contribution in [0, 0.1) is 11.3 Å². The minimum Gasteiger partial charge on any atom is -0.490 e. The Kier molecular flexibility index (Phi) is 27.2. The van der Waals surface area contributed by atoms with Gasteiger partial charge in [-0.05, 0) is 128 Å². The van der Waals surface area contributed by atoms with Gasteiger partial charge in [0.2, 0.25) is 0 Å². The smallest absolute Gasteiger partial charge is 0.334 e. The fourth-order valence-electron chi connectivity index (χ4n) is 7.57. The van der Waals surface area contributed by atoms with Crippen molar-refractivity contribution in [2.24, 2.45) is 11.3 Å². The van der Waals surface area contributed by atoms with Gasteiger partial charge in [-0.15, -0.1) is 0 Å². The molecule has 20 heteroatoms. The third kappa shape index (κ3) is 21.3. The van der Waals surface area contributed by atoms with E-state index in [0.717, 1.165) is 11.1 Å². The lowest BCUT2D eigenvalue weighted by Crippen LogP contribution is -2.41. The number of carboxylic acids is 1. The highest BCUT2D eigenvalue weighted by Crippen LogP contribution is 2.34. The van der Waals surface area contributed by atoms with Crippen molar-refractivity contribution in [3.05, 3.63) is 84.0 Å². The fourth-order valence-corrected chi connectivity index (χ4v) is 12.4. The molecule has 0 aromatic heterocycles. The minimum atomic E-state index is -2.55. The van der Waals surface area contributed by atoms with Crippen LogP contribution in [0.25, 0.3) is 0 Å². The summed E-state index contributed by atoms with van der Waals surface area (Å²) in [5.74, 6) is -4.98. The van der Waals surface area contributed by atoms with Crippen LogP contribution >= 0.6 is 0 Å². The van der Waals surface area contributed by atoms with Crippen LogP contribution in [0.15, 0.2) is 72.8 Å². The Hall–Kier alpha value is -4.94. The summed E-state index contributed by atoms with van der Waals surface area (Å²) in [6, 6.07) is 15.7. The Morgan fingerprint density at radius 3 is 1.40 bits per heavy atom. The van der Waals surface area contributed by atoms with Gasteiger partial charge in [0, 0.05) is 43.0 Å². The van der Waals surface area contributed by atoms with Crippen molar-refractivity contribution in [2.75, 3.05) is 59.5 Å². The number of benzene rings is 2. The number of carboxylic acid groups (broad SMARTS) is 1. The highest BCUT2D eigenvalue weighted by atomic mass is 28.4. The van der Waals surface area contributed by atoms with Gasteiger partial charge in [0.25, 0.3) is 0 Å². The van der Waals surface area contributed by atoms with E-state index in [1.54, 1.807) is 31.2 Å². The van der Waals surface area contributed by atoms with Crippen LogP contribution in [-0.4, -0.2) is 129 Å². The van der Waals surface area contributed by atoms with Crippen LogP contribution in [0.3, 0.4) is 0 Å². The van der Waals surface area contributed by atoms with Gasteiger partial charge < -0.3 is 51.2 Å². The molecule has 0 bridgehead atoms. The van der Waals surface area contributed by atoms with E-state index in [9.17, 15) is 34.3 Å². The number of ether oxygens (including phenoxy) is 6. The van der Waals surface area contributed by atoms with E-state index in [1.807, 2.05) is 78.9 Å². The molecule has 2 aromatic rings. The number of esters is 4. The predicted molar refractivity (Wildman–Crippen MR) is 273 cm³/mol. The van der Waals surface area contributed by atoms with Crippen molar-refractivity contribution >= 4 is 47.0 Å². The molecule has 0 saturated heterocycles. The van der Waals surface area contributed by atoms with Crippen molar-refractivity contribution in [3.63, 3.8) is 0 Å². The van der Waals surface area contributed by atoms with Gasteiger partial charge in [-0.2, -0.15) is 0 Å². The number of aliphatic carboxylic acids is 1. The van der Waals surface area contributed by atoms with E-state index in [2.05, 4.69) is 18.0 Å². The van der Waals surface area contributed by atoms with E-state index < -0.39 is 82.5 Å². The van der Waals surface area contributed by atoms with E-state index in [0.29, 0.717) is 62.9 Å². The first-order chi connectivity index (χ1) is 33.9. The second kappa shape index (κ2) is 30.9. The number of carbonyl (C=O) groups is 5. The average Bonchev–Trinajstić information content (AvgIpc) is 3.32. The Labute approximate surface area is 428 Å². The Morgan fingerprint density at radius 2 is 1.03 bits per heavy atom. The van der Waals surface area contributed by atoms with Crippen molar-refractivity contribution in [3.8, 4) is 11.5 Å². The zero-order chi connectivity index (χ0) is 54.1. The first-order valence-electron chi connectivity index (χ1n) is 24.5. The summed E-state index contributed by atoms with van der Waals surface area (Å²) in [4.78, 5) is 68.3. The maximum absolute atomic E-state index is 13.7. The van der Waals surface area contributed by atoms with Crippen LogP contribution < -0.4 is 9.47 Å². The normalized spacial score (nSPS) is 13.9. The molecule has 4 unspecified atom stereocenters. The minimum absolute atomic E-state index is 0.00794. The zero-order valence-electron chi connectivity index (χ0n) is 44.3. The van der Waals surface area contributed by atoms with E-state index >= 15 is 0 Å². The Morgan fingerprint density at radius 1 is 0.625 bits per heavy atom. The van der Waals surface area contributed by atoms with Crippen molar-refractivity contribution < 1.29 is 85.3 Å². The molecule has 0 aliphatic rings. The molecule has 72 heavy (non-hydrogen) atoms. The largest absolute Gasteiger partial charge is 0.490 e. The lowest BCUT2D eigenvalue weighted by atomic mass is 9.78. The SMILES string of the molecule is C=C(C)C(=O)OCC(COc1ccc(C(C)(C)c2ccc(OCC(COC(=O)C(=C)C)OC(=O)C(C)(CCC[Si](C)(OCC)OCC)COO)cc2)cc1)OC(=O)C(CCC[Si](C)(OCC)OCC)C(=O)O. The molecule has 0 spiro atoms.